The van der Waals surface area contributed by atoms with E-state index in [4.69, 9.17) is 5.26 Å². The fourth-order valence-corrected chi connectivity index (χ4v) is 4.89. The summed E-state index contributed by atoms with van der Waals surface area (Å²) < 4.78 is 25.7. The van der Waals surface area contributed by atoms with Crippen molar-refractivity contribution in [3.05, 3.63) is 65.2 Å². The van der Waals surface area contributed by atoms with E-state index in [-0.39, 0.29) is 11.7 Å². The molecule has 0 unspecified atom stereocenters. The van der Waals surface area contributed by atoms with Crippen molar-refractivity contribution in [1.29, 1.82) is 5.26 Å². The largest absolute Gasteiger partial charge is 0.334 e. The van der Waals surface area contributed by atoms with Gasteiger partial charge in [0.05, 0.1) is 23.1 Å². The molecule has 2 aromatic carbocycles. The predicted octanol–water partition coefficient (Wildman–Crippen LogP) is 3.15. The van der Waals surface area contributed by atoms with E-state index in [1.54, 1.807) is 41.3 Å². The molecule has 0 radical (unpaired) electrons. The number of carbonyl (C=O) groups is 1. The van der Waals surface area contributed by atoms with Gasteiger partial charge in [-0.2, -0.15) is 5.26 Å². The first-order valence-electron chi connectivity index (χ1n) is 9.33. The third-order valence-corrected chi connectivity index (χ3v) is 6.59. The molecule has 0 spiro atoms. The molecule has 6 nitrogen and oxygen atoms in total. The molecule has 0 aromatic heterocycles. The van der Waals surface area contributed by atoms with Gasteiger partial charge in [-0.3, -0.25) is 9.10 Å². The highest BCUT2D eigenvalue weighted by molar-refractivity contribution is 7.93. The lowest BCUT2D eigenvalue weighted by molar-refractivity contribution is 0.0743. The molecule has 0 atom stereocenters. The molecule has 0 aliphatic carbocycles. The van der Waals surface area contributed by atoms with Crippen LogP contribution in [0.15, 0.2) is 48.5 Å². The number of sulfonamides is 1. The average Bonchev–Trinajstić information content (AvgIpc) is 3.07. The molecule has 7 heteroatoms. The molecule has 1 aliphatic heterocycles. The second-order valence-corrected chi connectivity index (χ2v) is 8.84. The number of hydrogen-bond donors (Lipinski definition) is 0. The van der Waals surface area contributed by atoms with Gasteiger partial charge in [-0.15, -0.1) is 0 Å². The maximum atomic E-state index is 13.1. The van der Waals surface area contributed by atoms with E-state index in [0.717, 1.165) is 12.0 Å². The lowest BCUT2D eigenvalue weighted by Gasteiger charge is -2.23. The SMILES string of the molecule is CCCN(Cc1ccc(C#N)cc1)C(=O)c1cccc(N2CCCS2(=O)=O)c1. The number of rotatable bonds is 6. The summed E-state index contributed by atoms with van der Waals surface area (Å²) in [5, 5.41) is 8.92. The normalized spacial score (nSPS) is 15.2. The van der Waals surface area contributed by atoms with Gasteiger partial charge in [0.25, 0.3) is 5.91 Å². The topological polar surface area (TPSA) is 81.5 Å². The molecule has 1 aliphatic rings. The zero-order chi connectivity index (χ0) is 20.1. The van der Waals surface area contributed by atoms with Gasteiger partial charge in [-0.1, -0.05) is 25.1 Å². The zero-order valence-electron chi connectivity index (χ0n) is 15.8. The number of hydrogen-bond acceptors (Lipinski definition) is 4. The Labute approximate surface area is 166 Å². The Hall–Kier alpha value is -2.85. The second kappa shape index (κ2) is 8.44. The molecule has 1 amide bonds. The minimum atomic E-state index is -3.29. The molecule has 2 aromatic rings. The second-order valence-electron chi connectivity index (χ2n) is 6.83. The van der Waals surface area contributed by atoms with Crippen LogP contribution < -0.4 is 4.31 Å². The fraction of sp³-hybridized carbons (Fsp3) is 0.333. The predicted molar refractivity (Wildman–Crippen MR) is 108 cm³/mol. The number of nitrogens with zero attached hydrogens (tertiary/aromatic N) is 3. The van der Waals surface area contributed by atoms with E-state index in [9.17, 15) is 13.2 Å². The molecule has 3 rings (SSSR count). The summed E-state index contributed by atoms with van der Waals surface area (Å²) in [5.41, 5.74) is 2.54. The molecule has 146 valence electrons. The van der Waals surface area contributed by atoms with Gasteiger partial charge in [-0.25, -0.2) is 8.42 Å². The van der Waals surface area contributed by atoms with Crippen LogP contribution in [-0.4, -0.2) is 38.1 Å². The molecule has 0 saturated carbocycles. The molecule has 28 heavy (non-hydrogen) atoms. The monoisotopic (exact) mass is 397 g/mol. The van der Waals surface area contributed by atoms with E-state index in [0.29, 0.717) is 42.9 Å². The first kappa shape index (κ1) is 19.9. The zero-order valence-corrected chi connectivity index (χ0v) is 16.7. The van der Waals surface area contributed by atoms with Gasteiger partial charge >= 0.3 is 0 Å². The van der Waals surface area contributed by atoms with Gasteiger partial charge in [-0.05, 0) is 48.7 Å². The van der Waals surface area contributed by atoms with Crippen LogP contribution in [0.5, 0.6) is 0 Å². The van der Waals surface area contributed by atoms with E-state index in [1.807, 2.05) is 19.1 Å². The summed E-state index contributed by atoms with van der Waals surface area (Å²) in [6.07, 6.45) is 1.41. The summed E-state index contributed by atoms with van der Waals surface area (Å²) in [5.74, 6) is 0.0101. The Bertz CT molecular complexity index is 994. The van der Waals surface area contributed by atoms with Crippen LogP contribution in [0.3, 0.4) is 0 Å². The summed E-state index contributed by atoms with van der Waals surface area (Å²) >= 11 is 0. The Morgan fingerprint density at radius 2 is 1.96 bits per heavy atom. The van der Waals surface area contributed by atoms with Gasteiger partial charge in [0, 0.05) is 25.2 Å². The van der Waals surface area contributed by atoms with E-state index >= 15 is 0 Å². The minimum Gasteiger partial charge on any atom is -0.334 e. The molecule has 1 saturated heterocycles. The number of benzene rings is 2. The van der Waals surface area contributed by atoms with Gasteiger partial charge < -0.3 is 4.90 Å². The summed E-state index contributed by atoms with van der Waals surface area (Å²) in [4.78, 5) is 14.8. The Kier molecular flexibility index (Phi) is 6.00. The van der Waals surface area contributed by atoms with Crippen LogP contribution in [0.1, 0.15) is 41.3 Å². The van der Waals surface area contributed by atoms with E-state index in [2.05, 4.69) is 6.07 Å². The molecule has 0 N–H and O–H groups in total. The van der Waals surface area contributed by atoms with Gasteiger partial charge in [0.1, 0.15) is 0 Å². The van der Waals surface area contributed by atoms with Crippen LogP contribution in [-0.2, 0) is 16.6 Å². The van der Waals surface area contributed by atoms with Crippen molar-refractivity contribution in [2.24, 2.45) is 0 Å². The van der Waals surface area contributed by atoms with Crippen molar-refractivity contribution >= 4 is 21.6 Å². The van der Waals surface area contributed by atoms with Crippen molar-refractivity contribution in [3.8, 4) is 6.07 Å². The minimum absolute atomic E-state index is 0.135. The molecule has 1 heterocycles. The van der Waals surface area contributed by atoms with E-state index < -0.39 is 10.0 Å². The number of amides is 1. The van der Waals surface area contributed by atoms with Crippen molar-refractivity contribution < 1.29 is 13.2 Å². The van der Waals surface area contributed by atoms with Gasteiger partial charge in [0.15, 0.2) is 0 Å². The van der Waals surface area contributed by atoms with Crippen molar-refractivity contribution in [3.63, 3.8) is 0 Å². The highest BCUT2D eigenvalue weighted by atomic mass is 32.2. The quantitative estimate of drug-likeness (QED) is 0.750. The first-order chi connectivity index (χ1) is 13.4. The Morgan fingerprint density at radius 3 is 2.57 bits per heavy atom. The van der Waals surface area contributed by atoms with E-state index in [1.165, 1.54) is 4.31 Å². The standard InChI is InChI=1S/C21H23N3O3S/c1-2-11-23(16-18-9-7-17(15-22)8-10-18)21(25)19-5-3-6-20(14-19)24-12-4-13-28(24,26)27/h3,5-10,14H,2,4,11-13,16H2,1H3. The van der Waals surface area contributed by atoms with Crippen molar-refractivity contribution in [2.45, 2.75) is 26.3 Å². The van der Waals surface area contributed by atoms with Crippen molar-refractivity contribution in [2.75, 3.05) is 23.1 Å². The number of nitriles is 1. The number of carbonyl (C=O) groups excluding carboxylic acids is 1. The summed E-state index contributed by atoms with van der Waals surface area (Å²) in [6.45, 7) is 3.48. The molecule has 1 fully saturated rings. The highest BCUT2D eigenvalue weighted by Gasteiger charge is 2.29. The smallest absolute Gasteiger partial charge is 0.254 e. The van der Waals surface area contributed by atoms with Gasteiger partial charge in [0.2, 0.25) is 10.0 Å². The first-order valence-corrected chi connectivity index (χ1v) is 10.9. The van der Waals surface area contributed by atoms with Crippen LogP contribution in [0.4, 0.5) is 5.69 Å². The van der Waals surface area contributed by atoms with Crippen LogP contribution in [0.2, 0.25) is 0 Å². The van der Waals surface area contributed by atoms with Crippen molar-refractivity contribution in [1.82, 2.24) is 4.90 Å². The maximum Gasteiger partial charge on any atom is 0.254 e. The average molecular weight is 398 g/mol. The lowest BCUT2D eigenvalue weighted by atomic mass is 10.1. The molecular weight excluding hydrogens is 374 g/mol. The molecule has 0 bridgehead atoms. The third-order valence-electron chi connectivity index (χ3n) is 4.72. The Balaban J connectivity index is 1.83. The van der Waals surface area contributed by atoms with Crippen LogP contribution in [0, 0.1) is 11.3 Å². The lowest BCUT2D eigenvalue weighted by Crippen LogP contribution is -2.31. The summed E-state index contributed by atoms with van der Waals surface area (Å²) in [7, 11) is -3.29. The fourth-order valence-electron chi connectivity index (χ4n) is 3.33. The third kappa shape index (κ3) is 4.34. The maximum absolute atomic E-state index is 13.1. The van der Waals surface area contributed by atoms with Crippen LogP contribution in [0.25, 0.3) is 0 Å². The Morgan fingerprint density at radius 1 is 1.21 bits per heavy atom. The summed E-state index contributed by atoms with van der Waals surface area (Å²) in [6, 6.07) is 16.1. The number of anilines is 1. The van der Waals surface area contributed by atoms with Crippen LogP contribution >= 0.6 is 0 Å². The highest BCUT2D eigenvalue weighted by Crippen LogP contribution is 2.25. The molecular formula is C21H23N3O3S.